The summed E-state index contributed by atoms with van der Waals surface area (Å²) < 4.78 is 107. The number of carbonyl (C=O) groups excluding carboxylic acids is 1. The SMILES string of the molecule is O=C(C[C@@H](NS(=O)(=O)c1cccc(C(F)(F)F)c1)C(F)(F)F)NC1CCCc2cc(CN3CCCCC3)ccc21. The van der Waals surface area contributed by atoms with E-state index < -0.39 is 57.2 Å². The van der Waals surface area contributed by atoms with E-state index in [4.69, 9.17) is 0 Å². The van der Waals surface area contributed by atoms with Gasteiger partial charge in [0.15, 0.2) is 0 Å². The summed E-state index contributed by atoms with van der Waals surface area (Å²) in [4.78, 5) is 14.1. The number of fused-ring (bicyclic) bond motifs is 1. The topological polar surface area (TPSA) is 78.5 Å². The first-order valence-corrected chi connectivity index (χ1v) is 14.6. The Kier molecular flexibility index (Phi) is 9.15. The predicted molar refractivity (Wildman–Crippen MR) is 136 cm³/mol. The van der Waals surface area contributed by atoms with E-state index in [0.29, 0.717) is 12.5 Å². The van der Waals surface area contributed by atoms with Gasteiger partial charge >= 0.3 is 12.4 Å². The molecule has 4 rings (SSSR count). The molecule has 1 aliphatic carbocycles. The Morgan fingerprint density at radius 1 is 0.975 bits per heavy atom. The molecule has 2 N–H and O–H groups in total. The summed E-state index contributed by atoms with van der Waals surface area (Å²) in [5.74, 6) is -1.02. The lowest BCUT2D eigenvalue weighted by Crippen LogP contribution is -2.48. The Morgan fingerprint density at radius 2 is 1.70 bits per heavy atom. The number of rotatable bonds is 8. The van der Waals surface area contributed by atoms with E-state index in [1.165, 1.54) is 11.1 Å². The fourth-order valence-electron chi connectivity index (χ4n) is 5.25. The van der Waals surface area contributed by atoms with Crippen molar-refractivity contribution in [3.05, 3.63) is 64.7 Å². The molecule has 13 heteroatoms. The summed E-state index contributed by atoms with van der Waals surface area (Å²) in [7, 11) is -5.02. The minimum absolute atomic E-state index is 0.244. The average molecular weight is 592 g/mol. The van der Waals surface area contributed by atoms with Crippen LogP contribution in [0.25, 0.3) is 0 Å². The third-order valence-electron chi connectivity index (χ3n) is 7.27. The van der Waals surface area contributed by atoms with Crippen LogP contribution in [-0.2, 0) is 34.0 Å². The monoisotopic (exact) mass is 591 g/mol. The molecule has 1 amide bonds. The van der Waals surface area contributed by atoms with Crippen molar-refractivity contribution < 1.29 is 39.6 Å². The fourth-order valence-corrected chi connectivity index (χ4v) is 6.52. The summed E-state index contributed by atoms with van der Waals surface area (Å²) in [6, 6.07) is 4.94. The number of hydrogen-bond acceptors (Lipinski definition) is 4. The standard InChI is InChI=1S/C27H31F6N3O3S/c28-26(29,30)20-7-5-8-21(15-20)40(38,39)35-24(27(31,32)33)16-25(37)34-23-9-4-6-19-14-18(10-11-22(19)23)17-36-12-2-1-3-13-36/h5,7-8,10-11,14-15,23-24,35H,1-4,6,9,12-13,16-17H2,(H,34,37)/t23?,24-/m1/s1. The molecule has 0 aromatic heterocycles. The number of carbonyl (C=O) groups is 1. The number of hydrogen-bond donors (Lipinski definition) is 2. The number of piperidine rings is 1. The Morgan fingerprint density at radius 3 is 2.38 bits per heavy atom. The first kappa shape index (κ1) is 30.3. The second kappa shape index (κ2) is 12.1. The maximum Gasteiger partial charge on any atom is 0.416 e. The van der Waals surface area contributed by atoms with E-state index in [0.717, 1.165) is 74.1 Å². The molecule has 1 heterocycles. The van der Waals surface area contributed by atoms with Gasteiger partial charge in [-0.05, 0) is 80.1 Å². The van der Waals surface area contributed by atoms with Gasteiger partial charge < -0.3 is 5.32 Å². The molecule has 1 fully saturated rings. The molecule has 220 valence electrons. The van der Waals surface area contributed by atoms with Crippen LogP contribution in [0.5, 0.6) is 0 Å². The number of halogens is 6. The second-order valence-corrected chi connectivity index (χ2v) is 12.0. The van der Waals surface area contributed by atoms with Gasteiger partial charge in [-0.15, -0.1) is 0 Å². The van der Waals surface area contributed by atoms with Crippen LogP contribution >= 0.6 is 0 Å². The normalized spacial score (nSPS) is 19.6. The lowest BCUT2D eigenvalue weighted by molar-refractivity contribution is -0.158. The highest BCUT2D eigenvalue weighted by Gasteiger charge is 2.44. The molecule has 1 unspecified atom stereocenters. The van der Waals surface area contributed by atoms with Crippen LogP contribution in [0, 0.1) is 0 Å². The second-order valence-electron chi connectivity index (χ2n) is 10.3. The first-order valence-electron chi connectivity index (χ1n) is 13.1. The Balaban J connectivity index is 1.44. The van der Waals surface area contributed by atoms with E-state index >= 15 is 0 Å². The van der Waals surface area contributed by atoms with Crippen molar-refractivity contribution in [3.8, 4) is 0 Å². The van der Waals surface area contributed by atoms with Gasteiger partial charge in [0.25, 0.3) is 0 Å². The third-order valence-corrected chi connectivity index (χ3v) is 8.73. The van der Waals surface area contributed by atoms with E-state index in [1.54, 1.807) is 0 Å². The first-order chi connectivity index (χ1) is 18.7. The lowest BCUT2D eigenvalue weighted by Gasteiger charge is -2.30. The average Bonchev–Trinajstić information content (AvgIpc) is 2.88. The van der Waals surface area contributed by atoms with Crippen molar-refractivity contribution in [1.82, 2.24) is 14.9 Å². The van der Waals surface area contributed by atoms with Crippen molar-refractivity contribution in [2.75, 3.05) is 13.1 Å². The highest BCUT2D eigenvalue weighted by atomic mass is 32.2. The van der Waals surface area contributed by atoms with Gasteiger partial charge in [0.1, 0.15) is 6.04 Å². The zero-order chi connectivity index (χ0) is 29.1. The number of amides is 1. The number of nitrogens with one attached hydrogen (secondary N) is 2. The molecule has 2 aliphatic rings. The van der Waals surface area contributed by atoms with Crippen LogP contribution in [0.4, 0.5) is 26.3 Å². The minimum Gasteiger partial charge on any atom is -0.349 e. The van der Waals surface area contributed by atoms with Crippen LogP contribution in [-0.4, -0.2) is 44.5 Å². The maximum absolute atomic E-state index is 13.8. The Labute approximate surface area is 229 Å². The highest BCUT2D eigenvalue weighted by molar-refractivity contribution is 7.89. The molecule has 0 bridgehead atoms. The van der Waals surface area contributed by atoms with Crippen molar-refractivity contribution in [2.24, 2.45) is 0 Å². The molecule has 0 spiro atoms. The van der Waals surface area contributed by atoms with Gasteiger partial charge in [0.2, 0.25) is 15.9 Å². The van der Waals surface area contributed by atoms with E-state index in [-0.39, 0.29) is 6.07 Å². The molecule has 2 aromatic rings. The number of likely N-dealkylation sites (tertiary alicyclic amines) is 1. The zero-order valence-corrected chi connectivity index (χ0v) is 22.4. The summed E-state index contributed by atoms with van der Waals surface area (Å²) in [6.07, 6.45) is -5.77. The van der Waals surface area contributed by atoms with Crippen molar-refractivity contribution >= 4 is 15.9 Å². The summed E-state index contributed by atoms with van der Waals surface area (Å²) in [6.45, 7) is 2.88. The van der Waals surface area contributed by atoms with Gasteiger partial charge in [0, 0.05) is 6.54 Å². The van der Waals surface area contributed by atoms with Gasteiger partial charge in [-0.2, -0.15) is 31.1 Å². The molecular formula is C27H31F6N3O3S. The number of aryl methyl sites for hydroxylation is 1. The van der Waals surface area contributed by atoms with Crippen LogP contribution in [0.3, 0.4) is 0 Å². The molecule has 0 saturated carbocycles. The molecule has 0 radical (unpaired) electrons. The molecule has 2 aromatic carbocycles. The van der Waals surface area contributed by atoms with Crippen molar-refractivity contribution in [1.29, 1.82) is 0 Å². The highest BCUT2D eigenvalue weighted by Crippen LogP contribution is 2.33. The Bertz CT molecular complexity index is 1310. The van der Waals surface area contributed by atoms with E-state index in [1.807, 2.05) is 12.1 Å². The molecule has 1 aliphatic heterocycles. The van der Waals surface area contributed by atoms with E-state index in [9.17, 15) is 39.6 Å². The van der Waals surface area contributed by atoms with Gasteiger partial charge in [0.05, 0.1) is 22.9 Å². The summed E-state index contributed by atoms with van der Waals surface area (Å²) in [5.41, 5.74) is 1.64. The lowest BCUT2D eigenvalue weighted by atomic mass is 9.86. The van der Waals surface area contributed by atoms with Gasteiger partial charge in [-0.3, -0.25) is 9.69 Å². The third kappa shape index (κ3) is 7.76. The largest absolute Gasteiger partial charge is 0.416 e. The summed E-state index contributed by atoms with van der Waals surface area (Å²) >= 11 is 0. The number of sulfonamides is 1. The van der Waals surface area contributed by atoms with Crippen LogP contribution in [0.1, 0.15) is 66.8 Å². The van der Waals surface area contributed by atoms with Crippen molar-refractivity contribution in [2.45, 2.75) is 80.8 Å². The zero-order valence-electron chi connectivity index (χ0n) is 21.6. The molecule has 2 atom stereocenters. The molecular weight excluding hydrogens is 560 g/mol. The number of alkyl halides is 6. The van der Waals surface area contributed by atoms with Crippen LogP contribution in [0.2, 0.25) is 0 Å². The van der Waals surface area contributed by atoms with E-state index in [2.05, 4.69) is 16.3 Å². The Hall–Kier alpha value is -2.64. The quantitative estimate of drug-likeness (QED) is 0.399. The van der Waals surface area contributed by atoms with Crippen LogP contribution < -0.4 is 10.0 Å². The fraction of sp³-hybridized carbons (Fsp3) is 0.519. The van der Waals surface area contributed by atoms with Gasteiger partial charge in [-0.1, -0.05) is 30.7 Å². The van der Waals surface area contributed by atoms with Crippen LogP contribution in [0.15, 0.2) is 47.4 Å². The smallest absolute Gasteiger partial charge is 0.349 e. The molecule has 40 heavy (non-hydrogen) atoms. The summed E-state index contributed by atoms with van der Waals surface area (Å²) in [5, 5.41) is 2.60. The predicted octanol–water partition coefficient (Wildman–Crippen LogP) is 5.48. The molecule has 6 nitrogen and oxygen atoms in total. The maximum atomic E-state index is 13.8. The molecule has 1 saturated heterocycles. The number of nitrogens with zero attached hydrogens (tertiary/aromatic N) is 1. The number of benzene rings is 2. The van der Waals surface area contributed by atoms with Crippen molar-refractivity contribution in [3.63, 3.8) is 0 Å². The van der Waals surface area contributed by atoms with Gasteiger partial charge in [-0.25, -0.2) is 8.42 Å². The minimum atomic E-state index is -5.17.